The molecule has 0 aliphatic heterocycles. The number of thiophene rings is 1. The number of thioether (sulfide) groups is 1. The number of esters is 1. The summed E-state index contributed by atoms with van der Waals surface area (Å²) in [6, 6.07) is 0. The third-order valence-corrected chi connectivity index (χ3v) is 5.56. The van der Waals surface area contributed by atoms with Crippen LogP contribution in [0.15, 0.2) is 5.16 Å². The maximum atomic E-state index is 12.2. The van der Waals surface area contributed by atoms with Crippen LogP contribution in [0.4, 0.5) is 5.00 Å². The molecule has 0 atom stereocenters. The molecule has 2 aromatic heterocycles. The highest BCUT2D eigenvalue weighted by atomic mass is 32.2. The van der Waals surface area contributed by atoms with Crippen molar-refractivity contribution in [2.45, 2.75) is 25.9 Å². The molecular weight excluding hydrogens is 336 g/mol. The number of hydrogen-bond acceptors (Lipinski definition) is 7. The summed E-state index contributed by atoms with van der Waals surface area (Å²) < 4.78 is 6.61. The summed E-state index contributed by atoms with van der Waals surface area (Å²) in [6.07, 6.45) is 0. The van der Waals surface area contributed by atoms with Gasteiger partial charge in [0.1, 0.15) is 10.8 Å². The Bertz CT molecular complexity index is 752. The minimum atomic E-state index is -0.446. The number of aryl methyl sites for hydroxylation is 2. The van der Waals surface area contributed by atoms with E-state index < -0.39 is 5.97 Å². The molecule has 0 aromatic carbocycles. The molecule has 0 saturated heterocycles. The van der Waals surface area contributed by atoms with E-state index in [0.29, 0.717) is 15.7 Å². The molecule has 0 bridgehead atoms. The maximum Gasteiger partial charge on any atom is 0.341 e. The molecule has 1 N–H and O–H groups in total. The molecule has 0 unspecified atom stereocenters. The van der Waals surface area contributed by atoms with Gasteiger partial charge in [-0.3, -0.25) is 4.79 Å². The zero-order valence-corrected chi connectivity index (χ0v) is 15.2. The zero-order valence-electron chi connectivity index (χ0n) is 13.6. The minimum Gasteiger partial charge on any atom is -0.465 e. The number of aromatic nitrogens is 3. The van der Waals surface area contributed by atoms with E-state index in [0.717, 1.165) is 16.3 Å². The lowest BCUT2D eigenvalue weighted by Crippen LogP contribution is -2.16. The highest BCUT2D eigenvalue weighted by Gasteiger charge is 2.21. The van der Waals surface area contributed by atoms with E-state index in [2.05, 4.69) is 15.5 Å². The molecular formula is C14H18N4O3S2. The highest BCUT2D eigenvalue weighted by Crippen LogP contribution is 2.33. The van der Waals surface area contributed by atoms with Crippen LogP contribution in [0.25, 0.3) is 0 Å². The molecule has 7 nitrogen and oxygen atoms in total. The smallest absolute Gasteiger partial charge is 0.341 e. The van der Waals surface area contributed by atoms with Crippen molar-refractivity contribution < 1.29 is 14.3 Å². The topological polar surface area (TPSA) is 86.1 Å². The molecule has 1 amide bonds. The Labute approximate surface area is 142 Å². The minimum absolute atomic E-state index is 0.183. The van der Waals surface area contributed by atoms with Gasteiger partial charge in [0.05, 0.1) is 18.4 Å². The van der Waals surface area contributed by atoms with Crippen molar-refractivity contribution in [1.29, 1.82) is 0 Å². The summed E-state index contributed by atoms with van der Waals surface area (Å²) in [4.78, 5) is 25.0. The number of methoxy groups -OCH3 is 1. The van der Waals surface area contributed by atoms with Gasteiger partial charge in [-0.1, -0.05) is 11.8 Å². The van der Waals surface area contributed by atoms with Gasteiger partial charge < -0.3 is 14.6 Å². The molecule has 2 heterocycles. The Morgan fingerprint density at radius 3 is 2.57 bits per heavy atom. The van der Waals surface area contributed by atoms with Crippen LogP contribution in [0, 0.1) is 20.8 Å². The van der Waals surface area contributed by atoms with E-state index in [1.807, 2.05) is 32.4 Å². The number of carbonyl (C=O) groups is 2. The number of carbonyl (C=O) groups excluding carboxylic acids is 2. The fraction of sp³-hybridized carbons (Fsp3) is 0.429. The van der Waals surface area contributed by atoms with Crippen molar-refractivity contribution >= 4 is 40.0 Å². The zero-order chi connectivity index (χ0) is 17.1. The van der Waals surface area contributed by atoms with Crippen LogP contribution in [-0.2, 0) is 16.6 Å². The molecule has 9 heteroatoms. The SMILES string of the molecule is COC(=O)c1c(NC(=O)CSc2nnc(C)n2C)sc(C)c1C. The summed E-state index contributed by atoms with van der Waals surface area (Å²) in [6.45, 7) is 5.58. The van der Waals surface area contributed by atoms with Gasteiger partial charge in [0.25, 0.3) is 0 Å². The predicted molar refractivity (Wildman–Crippen MR) is 90.2 cm³/mol. The monoisotopic (exact) mass is 354 g/mol. The Morgan fingerprint density at radius 1 is 1.30 bits per heavy atom. The van der Waals surface area contributed by atoms with Crippen molar-refractivity contribution in [3.05, 3.63) is 21.8 Å². The lowest BCUT2D eigenvalue weighted by molar-refractivity contribution is -0.113. The van der Waals surface area contributed by atoms with Gasteiger partial charge in [0.2, 0.25) is 5.91 Å². The number of ether oxygens (including phenoxy) is 1. The molecule has 0 aliphatic carbocycles. The predicted octanol–water partition coefficient (Wildman–Crippen LogP) is 2.32. The van der Waals surface area contributed by atoms with Crippen LogP contribution in [0.3, 0.4) is 0 Å². The summed E-state index contributed by atoms with van der Waals surface area (Å²) >= 11 is 2.66. The van der Waals surface area contributed by atoms with Gasteiger partial charge in [0, 0.05) is 11.9 Å². The second-order valence-electron chi connectivity index (χ2n) is 4.90. The van der Waals surface area contributed by atoms with E-state index >= 15 is 0 Å². The quantitative estimate of drug-likeness (QED) is 0.655. The van der Waals surface area contributed by atoms with Gasteiger partial charge in [-0.25, -0.2) is 4.79 Å². The Balaban J connectivity index is 2.07. The third-order valence-electron chi connectivity index (χ3n) is 3.41. The van der Waals surface area contributed by atoms with Crippen LogP contribution in [-0.4, -0.2) is 39.5 Å². The van der Waals surface area contributed by atoms with Crippen molar-refractivity contribution in [2.24, 2.45) is 7.05 Å². The van der Waals surface area contributed by atoms with Crippen molar-refractivity contribution in [3.8, 4) is 0 Å². The molecule has 124 valence electrons. The first kappa shape index (κ1) is 17.5. The first-order chi connectivity index (χ1) is 10.8. The lowest BCUT2D eigenvalue weighted by Gasteiger charge is -2.06. The van der Waals surface area contributed by atoms with E-state index in [1.54, 1.807) is 0 Å². The largest absolute Gasteiger partial charge is 0.465 e. The molecule has 0 fully saturated rings. The second kappa shape index (κ2) is 7.14. The highest BCUT2D eigenvalue weighted by molar-refractivity contribution is 7.99. The first-order valence-corrected chi connectivity index (χ1v) is 8.62. The van der Waals surface area contributed by atoms with Crippen LogP contribution in [0.1, 0.15) is 26.6 Å². The van der Waals surface area contributed by atoms with E-state index in [9.17, 15) is 9.59 Å². The van der Waals surface area contributed by atoms with Crippen LogP contribution in [0.5, 0.6) is 0 Å². The normalized spacial score (nSPS) is 10.7. The number of amides is 1. The first-order valence-electron chi connectivity index (χ1n) is 6.82. The van der Waals surface area contributed by atoms with Crippen molar-refractivity contribution in [3.63, 3.8) is 0 Å². The number of anilines is 1. The molecule has 0 spiro atoms. The Hall–Kier alpha value is -1.87. The van der Waals surface area contributed by atoms with Crippen LogP contribution < -0.4 is 5.32 Å². The van der Waals surface area contributed by atoms with Crippen molar-refractivity contribution in [1.82, 2.24) is 14.8 Å². The summed E-state index contributed by atoms with van der Waals surface area (Å²) in [5, 5.41) is 11.9. The number of rotatable bonds is 5. The van der Waals surface area contributed by atoms with Gasteiger partial charge in [-0.15, -0.1) is 21.5 Å². The van der Waals surface area contributed by atoms with Crippen LogP contribution >= 0.6 is 23.1 Å². The summed E-state index contributed by atoms with van der Waals surface area (Å²) in [5.41, 5.74) is 1.25. The maximum absolute atomic E-state index is 12.2. The molecule has 2 aromatic rings. The standard InChI is InChI=1S/C14H18N4O3S2/c1-7-8(2)23-12(11(7)13(20)21-5)15-10(19)6-22-14-17-16-9(3)18(14)4/h6H2,1-5H3,(H,15,19). The molecule has 0 aliphatic rings. The van der Waals surface area contributed by atoms with Gasteiger partial charge in [-0.2, -0.15) is 0 Å². The van der Waals surface area contributed by atoms with Crippen molar-refractivity contribution in [2.75, 3.05) is 18.2 Å². The number of nitrogens with one attached hydrogen (secondary N) is 1. The second-order valence-corrected chi connectivity index (χ2v) is 7.07. The van der Waals surface area contributed by atoms with Gasteiger partial charge in [0.15, 0.2) is 5.16 Å². The number of hydrogen-bond donors (Lipinski definition) is 1. The number of nitrogens with zero attached hydrogens (tertiary/aromatic N) is 3. The summed E-state index contributed by atoms with van der Waals surface area (Å²) in [7, 11) is 3.17. The lowest BCUT2D eigenvalue weighted by atomic mass is 10.1. The molecule has 2 rings (SSSR count). The van der Waals surface area contributed by atoms with E-state index in [1.165, 1.54) is 30.2 Å². The van der Waals surface area contributed by atoms with E-state index in [4.69, 9.17) is 4.74 Å². The van der Waals surface area contributed by atoms with Crippen LogP contribution in [0.2, 0.25) is 0 Å². The Morgan fingerprint density at radius 2 is 2.00 bits per heavy atom. The third kappa shape index (κ3) is 3.73. The fourth-order valence-corrected chi connectivity index (χ4v) is 3.69. The average Bonchev–Trinajstić information content (AvgIpc) is 2.97. The van der Waals surface area contributed by atoms with E-state index in [-0.39, 0.29) is 11.7 Å². The summed E-state index contributed by atoms with van der Waals surface area (Å²) in [5.74, 6) is 0.314. The molecule has 0 saturated carbocycles. The molecule has 0 radical (unpaired) electrons. The van der Waals surface area contributed by atoms with Gasteiger partial charge in [-0.05, 0) is 26.3 Å². The van der Waals surface area contributed by atoms with Gasteiger partial charge >= 0.3 is 5.97 Å². The fourth-order valence-electron chi connectivity index (χ4n) is 1.87. The average molecular weight is 354 g/mol. The molecule has 23 heavy (non-hydrogen) atoms. The Kier molecular flexibility index (Phi) is 5.42.